The van der Waals surface area contributed by atoms with Gasteiger partial charge in [-0.05, 0) is 29.5 Å². The number of hydrogen-bond acceptors (Lipinski definition) is 2. The maximum atomic E-state index is 12.0. The van der Waals surface area contributed by atoms with Gasteiger partial charge in [-0.25, -0.2) is 4.79 Å². The van der Waals surface area contributed by atoms with E-state index in [-0.39, 0.29) is 11.4 Å². The Kier molecular flexibility index (Phi) is 8.98. The summed E-state index contributed by atoms with van der Waals surface area (Å²) in [5.41, 5.74) is 1.99. The van der Waals surface area contributed by atoms with Gasteiger partial charge in [0.25, 0.3) is 0 Å². The van der Waals surface area contributed by atoms with Crippen molar-refractivity contribution in [3.8, 4) is 0 Å². The van der Waals surface area contributed by atoms with E-state index in [1.165, 1.54) is 44.1 Å². The molecule has 0 bridgehead atoms. The van der Waals surface area contributed by atoms with Gasteiger partial charge in [0, 0.05) is 0 Å². The zero-order valence-electron chi connectivity index (χ0n) is 15.5. The molecule has 2 heteroatoms. The Bertz CT molecular complexity index is 440. The van der Waals surface area contributed by atoms with E-state index < -0.39 is 0 Å². The molecule has 0 saturated heterocycles. The van der Waals surface area contributed by atoms with Gasteiger partial charge in [-0.1, -0.05) is 84.8 Å². The number of unbranched alkanes of at least 4 members (excludes halogenated alkanes) is 7. The highest BCUT2D eigenvalue weighted by molar-refractivity contribution is 5.89. The van der Waals surface area contributed by atoms with Crippen molar-refractivity contribution in [2.45, 2.75) is 84.5 Å². The third-order valence-electron chi connectivity index (χ3n) is 4.22. The minimum absolute atomic E-state index is 0.111. The van der Waals surface area contributed by atoms with Crippen molar-refractivity contribution in [3.05, 3.63) is 35.4 Å². The number of carbonyl (C=O) groups excluding carboxylic acids is 1. The molecule has 0 heterocycles. The predicted octanol–water partition coefficient (Wildman–Crippen LogP) is 6.28. The second-order valence-electron chi connectivity index (χ2n) is 7.44. The van der Waals surface area contributed by atoms with Crippen molar-refractivity contribution in [2.75, 3.05) is 6.61 Å². The van der Waals surface area contributed by atoms with Crippen molar-refractivity contribution < 1.29 is 9.53 Å². The minimum atomic E-state index is -0.201. The molecule has 1 rings (SSSR count). The molecule has 0 fully saturated rings. The van der Waals surface area contributed by atoms with Crippen LogP contribution in [0.25, 0.3) is 0 Å². The molecule has 0 radical (unpaired) electrons. The van der Waals surface area contributed by atoms with Crippen LogP contribution in [0.4, 0.5) is 0 Å². The van der Waals surface area contributed by atoms with Crippen molar-refractivity contribution in [2.24, 2.45) is 0 Å². The molecule has 0 aliphatic rings. The number of ether oxygens (including phenoxy) is 1. The van der Waals surface area contributed by atoms with E-state index in [4.69, 9.17) is 4.74 Å². The molecule has 0 saturated carbocycles. The fourth-order valence-electron chi connectivity index (χ4n) is 2.59. The number of hydrogen-bond donors (Lipinski definition) is 0. The normalized spacial score (nSPS) is 11.5. The minimum Gasteiger partial charge on any atom is -0.462 e. The highest BCUT2D eigenvalue weighted by Crippen LogP contribution is 2.22. The Hall–Kier alpha value is -1.31. The predicted molar refractivity (Wildman–Crippen MR) is 98.0 cm³/mol. The summed E-state index contributed by atoms with van der Waals surface area (Å²) in [6, 6.07) is 7.78. The second-order valence-corrected chi connectivity index (χ2v) is 7.44. The third-order valence-corrected chi connectivity index (χ3v) is 4.22. The lowest BCUT2D eigenvalue weighted by Crippen LogP contribution is -2.12. The van der Waals surface area contributed by atoms with Gasteiger partial charge in [-0.3, -0.25) is 0 Å². The fourth-order valence-corrected chi connectivity index (χ4v) is 2.59. The zero-order chi connectivity index (χ0) is 17.1. The van der Waals surface area contributed by atoms with Crippen LogP contribution < -0.4 is 0 Å². The lowest BCUT2D eigenvalue weighted by molar-refractivity contribution is 0.0497. The molecule has 0 aliphatic carbocycles. The monoisotopic (exact) mass is 318 g/mol. The maximum Gasteiger partial charge on any atom is 0.338 e. The van der Waals surface area contributed by atoms with Gasteiger partial charge in [0.15, 0.2) is 0 Å². The van der Waals surface area contributed by atoms with E-state index in [1.54, 1.807) is 0 Å². The van der Waals surface area contributed by atoms with Gasteiger partial charge >= 0.3 is 5.97 Å². The molecule has 2 nitrogen and oxygen atoms in total. The van der Waals surface area contributed by atoms with Crippen molar-refractivity contribution >= 4 is 5.97 Å². The largest absolute Gasteiger partial charge is 0.462 e. The van der Waals surface area contributed by atoms with Crippen molar-refractivity contribution in [1.29, 1.82) is 0 Å². The van der Waals surface area contributed by atoms with Crippen molar-refractivity contribution in [3.63, 3.8) is 0 Å². The van der Waals surface area contributed by atoms with Crippen LogP contribution in [0.2, 0.25) is 0 Å². The van der Waals surface area contributed by atoms with Crippen molar-refractivity contribution in [1.82, 2.24) is 0 Å². The average Bonchev–Trinajstić information content (AvgIpc) is 2.52. The van der Waals surface area contributed by atoms with E-state index in [0.29, 0.717) is 12.2 Å². The average molecular weight is 319 g/mol. The van der Waals surface area contributed by atoms with E-state index in [0.717, 1.165) is 12.8 Å². The van der Waals surface area contributed by atoms with Crippen LogP contribution in [0.5, 0.6) is 0 Å². The van der Waals surface area contributed by atoms with Crippen LogP contribution in [0.15, 0.2) is 24.3 Å². The summed E-state index contributed by atoms with van der Waals surface area (Å²) in [5.74, 6) is -0.201. The molecule has 0 spiro atoms. The van der Waals surface area contributed by atoms with E-state index in [2.05, 4.69) is 27.7 Å². The maximum absolute atomic E-state index is 12.0. The van der Waals surface area contributed by atoms with Gasteiger partial charge in [0.1, 0.15) is 0 Å². The van der Waals surface area contributed by atoms with Crippen LogP contribution in [-0.4, -0.2) is 12.6 Å². The van der Waals surface area contributed by atoms with Crippen LogP contribution in [-0.2, 0) is 10.2 Å². The smallest absolute Gasteiger partial charge is 0.338 e. The summed E-state index contributed by atoms with van der Waals surface area (Å²) in [6.07, 6.45) is 10.0. The molecule has 0 amide bonds. The summed E-state index contributed by atoms with van der Waals surface area (Å²) in [6.45, 7) is 9.29. The van der Waals surface area contributed by atoms with Gasteiger partial charge in [0.2, 0.25) is 0 Å². The number of rotatable bonds is 10. The summed E-state index contributed by atoms with van der Waals surface area (Å²) in [7, 11) is 0. The molecule has 130 valence electrons. The van der Waals surface area contributed by atoms with Gasteiger partial charge < -0.3 is 4.74 Å². The van der Waals surface area contributed by atoms with Crippen LogP contribution in [0, 0.1) is 0 Å². The van der Waals surface area contributed by atoms with Crippen LogP contribution in [0.1, 0.15) is 95.0 Å². The molecular formula is C21H34O2. The SMILES string of the molecule is CCCCCCCCCCOC(=O)c1ccc(C(C)(C)C)cc1. The van der Waals surface area contributed by atoms with E-state index in [1.807, 2.05) is 24.3 Å². The van der Waals surface area contributed by atoms with E-state index in [9.17, 15) is 4.79 Å². The van der Waals surface area contributed by atoms with Gasteiger partial charge in [-0.15, -0.1) is 0 Å². The molecule has 0 aromatic heterocycles. The standard InChI is InChI=1S/C21H34O2/c1-5-6-7-8-9-10-11-12-17-23-20(22)18-13-15-19(16-14-18)21(2,3)4/h13-16H,5-12,17H2,1-4H3. The second kappa shape index (κ2) is 10.5. The molecule has 23 heavy (non-hydrogen) atoms. The summed E-state index contributed by atoms with van der Waals surface area (Å²) in [4.78, 5) is 12.0. The summed E-state index contributed by atoms with van der Waals surface area (Å²) < 4.78 is 5.36. The molecule has 0 aliphatic heterocycles. The topological polar surface area (TPSA) is 26.3 Å². The Morgan fingerprint density at radius 1 is 0.870 bits per heavy atom. The first-order valence-corrected chi connectivity index (χ1v) is 9.23. The highest BCUT2D eigenvalue weighted by atomic mass is 16.5. The number of benzene rings is 1. The third kappa shape index (κ3) is 8.20. The lowest BCUT2D eigenvalue weighted by atomic mass is 9.87. The highest BCUT2D eigenvalue weighted by Gasteiger charge is 2.14. The van der Waals surface area contributed by atoms with Crippen LogP contribution in [0.3, 0.4) is 0 Å². The van der Waals surface area contributed by atoms with Crippen LogP contribution >= 0.6 is 0 Å². The first-order valence-electron chi connectivity index (χ1n) is 9.23. The molecule has 0 atom stereocenters. The number of carbonyl (C=O) groups is 1. The Morgan fingerprint density at radius 3 is 1.91 bits per heavy atom. The first kappa shape index (κ1) is 19.7. The molecular weight excluding hydrogens is 284 g/mol. The quantitative estimate of drug-likeness (QED) is 0.375. The number of esters is 1. The van der Waals surface area contributed by atoms with Gasteiger partial charge in [-0.2, -0.15) is 0 Å². The lowest BCUT2D eigenvalue weighted by Gasteiger charge is -2.18. The summed E-state index contributed by atoms with van der Waals surface area (Å²) in [5, 5.41) is 0. The molecule has 1 aromatic rings. The van der Waals surface area contributed by atoms with Gasteiger partial charge in [0.05, 0.1) is 12.2 Å². The van der Waals surface area contributed by atoms with E-state index >= 15 is 0 Å². The molecule has 0 unspecified atom stereocenters. The first-order chi connectivity index (χ1) is 10.9. The Morgan fingerprint density at radius 2 is 1.39 bits per heavy atom. The molecule has 0 N–H and O–H groups in total. The Labute approximate surface area is 142 Å². The summed E-state index contributed by atoms with van der Waals surface area (Å²) >= 11 is 0. The zero-order valence-corrected chi connectivity index (χ0v) is 15.5. The fraction of sp³-hybridized carbons (Fsp3) is 0.667. The Balaban J connectivity index is 2.17. The molecule has 1 aromatic carbocycles.